The van der Waals surface area contributed by atoms with E-state index in [4.69, 9.17) is 21.1 Å². The highest BCUT2D eigenvalue weighted by molar-refractivity contribution is 6.32. The predicted octanol–water partition coefficient (Wildman–Crippen LogP) is 5.78. The molecule has 0 radical (unpaired) electrons. The Labute approximate surface area is 213 Å². The van der Waals surface area contributed by atoms with Crippen LogP contribution < -0.4 is 15.0 Å². The standard InChI is InChI=1S/C27H26ClN3O5/c1-35-22-12-11-20(28)23-24(22)30(26(32)36-17-18-7-3-2-4-8-18)25(27(23)13-15-29-16-14-27)19-9-5-6-10-21(19)31(33)34/h2-12,25,29H,13-17H2,1H3. The van der Waals surface area contributed by atoms with Crippen molar-refractivity contribution in [1.82, 2.24) is 5.32 Å². The zero-order valence-corrected chi connectivity index (χ0v) is 20.5. The van der Waals surface area contributed by atoms with Crippen LogP contribution in [0, 0.1) is 10.1 Å². The minimum absolute atomic E-state index is 0.0517. The summed E-state index contributed by atoms with van der Waals surface area (Å²) in [5.41, 5.74) is 1.84. The molecule has 1 N–H and O–H groups in total. The van der Waals surface area contributed by atoms with Gasteiger partial charge in [0.05, 0.1) is 29.3 Å². The lowest BCUT2D eigenvalue weighted by Gasteiger charge is -2.41. The van der Waals surface area contributed by atoms with Gasteiger partial charge in [0.2, 0.25) is 0 Å². The van der Waals surface area contributed by atoms with Crippen LogP contribution in [0.1, 0.15) is 35.6 Å². The quantitative estimate of drug-likeness (QED) is 0.347. The number of hydrogen-bond acceptors (Lipinski definition) is 6. The Bertz CT molecular complexity index is 1290. The third-order valence-electron chi connectivity index (χ3n) is 7.16. The van der Waals surface area contributed by atoms with Crippen LogP contribution in [-0.4, -0.2) is 31.2 Å². The van der Waals surface area contributed by atoms with E-state index in [9.17, 15) is 14.9 Å². The Kier molecular flexibility index (Phi) is 6.55. The number of halogens is 1. The lowest BCUT2D eigenvalue weighted by Crippen LogP contribution is -2.47. The number of hydrogen-bond donors (Lipinski definition) is 1. The molecule has 9 heteroatoms. The summed E-state index contributed by atoms with van der Waals surface area (Å²) in [5.74, 6) is 0.463. The molecule has 0 aliphatic carbocycles. The molecule has 2 aliphatic rings. The van der Waals surface area contributed by atoms with E-state index >= 15 is 0 Å². The maximum atomic E-state index is 13.9. The van der Waals surface area contributed by atoms with Gasteiger partial charge in [-0.05, 0) is 43.6 Å². The van der Waals surface area contributed by atoms with Gasteiger partial charge < -0.3 is 14.8 Å². The molecule has 8 nitrogen and oxygen atoms in total. The molecule has 0 bridgehead atoms. The second-order valence-electron chi connectivity index (χ2n) is 9.01. The average molecular weight is 508 g/mol. The van der Waals surface area contributed by atoms with Crippen LogP contribution in [0.4, 0.5) is 16.2 Å². The van der Waals surface area contributed by atoms with Gasteiger partial charge in [0.25, 0.3) is 5.69 Å². The number of amides is 1. The van der Waals surface area contributed by atoms with Crippen LogP contribution in [0.2, 0.25) is 5.02 Å². The molecule has 5 rings (SSSR count). The monoisotopic (exact) mass is 507 g/mol. The van der Waals surface area contributed by atoms with Gasteiger partial charge in [0.15, 0.2) is 0 Å². The van der Waals surface area contributed by atoms with Crippen molar-refractivity contribution >= 4 is 29.1 Å². The highest BCUT2D eigenvalue weighted by Crippen LogP contribution is 2.62. The van der Waals surface area contributed by atoms with Crippen LogP contribution in [-0.2, 0) is 16.8 Å². The van der Waals surface area contributed by atoms with Crippen LogP contribution in [0.25, 0.3) is 0 Å². The molecule has 2 aliphatic heterocycles. The summed E-state index contributed by atoms with van der Waals surface area (Å²) in [6.45, 7) is 1.42. The fourth-order valence-corrected chi connectivity index (χ4v) is 5.98. The fraction of sp³-hybridized carbons (Fsp3) is 0.296. The molecule has 1 fully saturated rings. The molecule has 1 unspecified atom stereocenters. The van der Waals surface area contributed by atoms with E-state index in [0.717, 1.165) is 11.1 Å². The summed E-state index contributed by atoms with van der Waals surface area (Å²) >= 11 is 6.83. The normalized spacial score (nSPS) is 18.1. The first kappa shape index (κ1) is 24.1. The zero-order chi connectivity index (χ0) is 25.3. The van der Waals surface area contributed by atoms with Crippen LogP contribution in [0.5, 0.6) is 5.75 Å². The Hall–Kier alpha value is -3.62. The molecule has 3 aromatic rings. The number of anilines is 1. The molecule has 2 heterocycles. The molecule has 186 valence electrons. The highest BCUT2D eigenvalue weighted by Gasteiger charge is 2.57. The predicted molar refractivity (Wildman–Crippen MR) is 137 cm³/mol. The molecular formula is C27H26ClN3O5. The maximum Gasteiger partial charge on any atom is 0.415 e. The van der Waals surface area contributed by atoms with Gasteiger partial charge in [0, 0.05) is 22.1 Å². The van der Waals surface area contributed by atoms with Crippen LogP contribution in [0.15, 0.2) is 66.7 Å². The van der Waals surface area contributed by atoms with Gasteiger partial charge in [-0.3, -0.25) is 15.0 Å². The molecule has 1 atom stereocenters. The molecule has 1 spiro atoms. The third-order valence-corrected chi connectivity index (χ3v) is 7.47. The lowest BCUT2D eigenvalue weighted by atomic mass is 9.67. The van der Waals surface area contributed by atoms with Crippen molar-refractivity contribution in [3.8, 4) is 5.75 Å². The first-order valence-electron chi connectivity index (χ1n) is 11.8. The van der Waals surface area contributed by atoms with Gasteiger partial charge in [-0.1, -0.05) is 60.1 Å². The van der Waals surface area contributed by atoms with Crippen LogP contribution >= 0.6 is 11.6 Å². The summed E-state index contributed by atoms with van der Waals surface area (Å²) in [7, 11) is 1.53. The Morgan fingerprint density at radius 2 is 1.81 bits per heavy atom. The topological polar surface area (TPSA) is 93.9 Å². The summed E-state index contributed by atoms with van der Waals surface area (Å²) < 4.78 is 11.5. The van der Waals surface area contributed by atoms with Crippen molar-refractivity contribution in [2.75, 3.05) is 25.1 Å². The molecule has 36 heavy (non-hydrogen) atoms. The van der Waals surface area contributed by atoms with Crippen LogP contribution in [0.3, 0.4) is 0 Å². The zero-order valence-electron chi connectivity index (χ0n) is 19.8. The van der Waals surface area contributed by atoms with E-state index < -0.39 is 22.5 Å². The number of ether oxygens (including phenoxy) is 2. The highest BCUT2D eigenvalue weighted by atomic mass is 35.5. The largest absolute Gasteiger partial charge is 0.495 e. The first-order valence-corrected chi connectivity index (χ1v) is 12.2. The summed E-state index contributed by atoms with van der Waals surface area (Å²) in [6, 6.07) is 18.7. The molecular weight excluding hydrogens is 482 g/mol. The molecule has 1 amide bonds. The second kappa shape index (κ2) is 9.79. The third kappa shape index (κ3) is 3.96. The van der Waals surface area contributed by atoms with Gasteiger partial charge in [0.1, 0.15) is 12.4 Å². The van der Waals surface area contributed by atoms with Gasteiger partial charge in [-0.15, -0.1) is 0 Å². The summed E-state index contributed by atoms with van der Waals surface area (Å²) in [6.07, 6.45) is 0.650. The van der Waals surface area contributed by atoms with Crippen molar-refractivity contribution in [1.29, 1.82) is 0 Å². The van der Waals surface area contributed by atoms with Gasteiger partial charge in [-0.25, -0.2) is 4.79 Å². The van der Waals surface area contributed by atoms with E-state index in [1.54, 1.807) is 30.3 Å². The number of nitrogens with one attached hydrogen (secondary N) is 1. The SMILES string of the molecule is COc1ccc(Cl)c2c1N(C(=O)OCc1ccccc1)C(c1ccccc1[N+](=O)[O-])C21CCNCC1. The van der Waals surface area contributed by atoms with E-state index in [1.165, 1.54) is 18.1 Å². The van der Waals surface area contributed by atoms with Crippen molar-refractivity contribution in [3.63, 3.8) is 0 Å². The number of para-hydroxylation sites is 1. The number of nitro groups is 1. The van der Waals surface area contributed by atoms with Gasteiger partial charge in [-0.2, -0.15) is 0 Å². The van der Waals surface area contributed by atoms with Crippen molar-refractivity contribution in [2.24, 2.45) is 0 Å². The number of carbonyl (C=O) groups is 1. The molecule has 1 saturated heterocycles. The minimum Gasteiger partial charge on any atom is -0.495 e. The van der Waals surface area contributed by atoms with E-state index in [0.29, 0.717) is 48.0 Å². The minimum atomic E-state index is -0.701. The van der Waals surface area contributed by atoms with E-state index in [2.05, 4.69) is 5.32 Å². The number of fused-ring (bicyclic) bond motifs is 2. The average Bonchev–Trinajstić information content (AvgIpc) is 3.19. The second-order valence-corrected chi connectivity index (χ2v) is 9.42. The Balaban J connectivity index is 1.71. The smallest absolute Gasteiger partial charge is 0.415 e. The molecule has 3 aromatic carbocycles. The number of nitro benzene ring substituents is 1. The molecule has 0 saturated carbocycles. The lowest BCUT2D eigenvalue weighted by molar-refractivity contribution is -0.385. The number of piperidine rings is 1. The number of rotatable bonds is 5. The fourth-order valence-electron chi connectivity index (χ4n) is 5.64. The summed E-state index contributed by atoms with van der Waals surface area (Å²) in [4.78, 5) is 27.1. The van der Waals surface area contributed by atoms with E-state index in [1.807, 2.05) is 30.3 Å². The van der Waals surface area contributed by atoms with E-state index in [-0.39, 0.29) is 12.3 Å². The number of carbonyl (C=O) groups excluding carboxylic acids is 1. The number of nitrogens with zero attached hydrogens (tertiary/aromatic N) is 2. The molecule has 0 aromatic heterocycles. The number of benzene rings is 3. The van der Waals surface area contributed by atoms with Crippen molar-refractivity contribution in [3.05, 3.63) is 98.6 Å². The first-order chi connectivity index (χ1) is 17.5. The summed E-state index contributed by atoms with van der Waals surface area (Å²) in [5, 5.41) is 16.0. The van der Waals surface area contributed by atoms with Gasteiger partial charge >= 0.3 is 6.09 Å². The Morgan fingerprint density at radius 3 is 2.50 bits per heavy atom. The van der Waals surface area contributed by atoms with Crippen molar-refractivity contribution in [2.45, 2.75) is 30.9 Å². The Morgan fingerprint density at radius 1 is 1.11 bits per heavy atom. The maximum absolute atomic E-state index is 13.9. The number of methoxy groups -OCH3 is 1. The van der Waals surface area contributed by atoms with Crippen molar-refractivity contribution < 1.29 is 19.2 Å².